The Morgan fingerprint density at radius 3 is 2.76 bits per heavy atom. The molecule has 1 aromatic carbocycles. The summed E-state index contributed by atoms with van der Waals surface area (Å²) in [6.45, 7) is 2.14. The molecule has 118 valence electrons. The first-order chi connectivity index (χ1) is 9.95. The number of piperidine rings is 1. The summed E-state index contributed by atoms with van der Waals surface area (Å²) in [6.07, 6.45) is -2.36. The zero-order chi connectivity index (χ0) is 15.5. The summed E-state index contributed by atoms with van der Waals surface area (Å²) in [5.74, 6) is 0.229. The van der Waals surface area contributed by atoms with Crippen molar-refractivity contribution in [1.82, 2.24) is 0 Å². The van der Waals surface area contributed by atoms with E-state index in [4.69, 9.17) is 16.3 Å². The minimum absolute atomic E-state index is 0.123. The van der Waals surface area contributed by atoms with Gasteiger partial charge in [0.15, 0.2) is 0 Å². The molecule has 2 nitrogen and oxygen atoms in total. The highest BCUT2D eigenvalue weighted by atomic mass is 35.5. The van der Waals surface area contributed by atoms with Crippen molar-refractivity contribution in [3.8, 4) is 0 Å². The van der Waals surface area contributed by atoms with Crippen molar-refractivity contribution in [1.29, 1.82) is 0 Å². The van der Waals surface area contributed by atoms with E-state index in [1.54, 1.807) is 13.2 Å². The maximum atomic E-state index is 13.1. The largest absolute Gasteiger partial charge is 0.416 e. The topological polar surface area (TPSA) is 12.5 Å². The monoisotopic (exact) mass is 321 g/mol. The molecule has 1 fully saturated rings. The lowest BCUT2D eigenvalue weighted by molar-refractivity contribution is -0.138. The van der Waals surface area contributed by atoms with E-state index < -0.39 is 11.7 Å². The molecule has 1 unspecified atom stereocenters. The Hall–Kier alpha value is -0.940. The van der Waals surface area contributed by atoms with Crippen molar-refractivity contribution in [2.45, 2.75) is 24.9 Å². The molecule has 0 spiro atoms. The molecule has 1 aliphatic heterocycles. The molecule has 0 bridgehead atoms. The maximum absolute atomic E-state index is 13.1. The number of benzene rings is 1. The van der Waals surface area contributed by atoms with Crippen LogP contribution in [0.2, 0.25) is 0 Å². The Labute approximate surface area is 127 Å². The summed E-state index contributed by atoms with van der Waals surface area (Å²) in [7, 11) is 1.65. The van der Waals surface area contributed by atoms with Crippen molar-refractivity contribution in [3.63, 3.8) is 0 Å². The van der Waals surface area contributed by atoms with Crippen LogP contribution in [0.3, 0.4) is 0 Å². The molecule has 21 heavy (non-hydrogen) atoms. The molecular weight excluding hydrogens is 303 g/mol. The van der Waals surface area contributed by atoms with Gasteiger partial charge in [0.05, 0.1) is 12.2 Å². The summed E-state index contributed by atoms with van der Waals surface area (Å²) in [4.78, 5) is 2.00. The van der Waals surface area contributed by atoms with Crippen LogP contribution < -0.4 is 4.90 Å². The third-order valence-electron chi connectivity index (χ3n) is 3.83. The lowest BCUT2D eigenvalue weighted by Crippen LogP contribution is -2.37. The van der Waals surface area contributed by atoms with Crippen LogP contribution in [0.5, 0.6) is 0 Å². The van der Waals surface area contributed by atoms with E-state index in [0.29, 0.717) is 18.2 Å². The van der Waals surface area contributed by atoms with E-state index in [9.17, 15) is 13.2 Å². The number of hydrogen-bond donors (Lipinski definition) is 0. The van der Waals surface area contributed by atoms with Gasteiger partial charge in [0.1, 0.15) is 0 Å². The van der Waals surface area contributed by atoms with Crippen LogP contribution >= 0.6 is 11.6 Å². The summed E-state index contributed by atoms with van der Waals surface area (Å²) >= 11 is 5.61. The van der Waals surface area contributed by atoms with Crippen LogP contribution in [0.25, 0.3) is 0 Å². The van der Waals surface area contributed by atoms with Gasteiger partial charge in [-0.2, -0.15) is 13.2 Å². The zero-order valence-electron chi connectivity index (χ0n) is 11.9. The number of methoxy groups -OCH3 is 1. The molecule has 0 aromatic heterocycles. The van der Waals surface area contributed by atoms with E-state index in [0.717, 1.165) is 25.9 Å². The molecule has 1 atom stereocenters. The smallest absolute Gasteiger partial charge is 0.384 e. The number of anilines is 1. The average molecular weight is 322 g/mol. The van der Waals surface area contributed by atoms with E-state index in [1.165, 1.54) is 12.1 Å². The zero-order valence-corrected chi connectivity index (χ0v) is 12.7. The first kappa shape index (κ1) is 16.4. The fourth-order valence-electron chi connectivity index (χ4n) is 2.81. The number of alkyl halides is 4. The standard InChI is InChI=1S/C15H19ClF3NO/c1-21-10-11-3-2-6-20(9-11)13-5-4-12(8-16)14(7-13)15(17,18)19/h4-5,7,11H,2-3,6,8-10H2,1H3. The average Bonchev–Trinajstić information content (AvgIpc) is 2.46. The molecule has 0 amide bonds. The van der Waals surface area contributed by atoms with Gasteiger partial charge in [-0.1, -0.05) is 6.07 Å². The number of nitrogens with zero attached hydrogens (tertiary/aromatic N) is 1. The van der Waals surface area contributed by atoms with Gasteiger partial charge in [0.2, 0.25) is 0 Å². The second kappa shape index (κ2) is 6.88. The van der Waals surface area contributed by atoms with Crippen LogP contribution in [0, 0.1) is 5.92 Å². The summed E-state index contributed by atoms with van der Waals surface area (Å²) < 4.78 is 44.4. The van der Waals surface area contributed by atoms with Crippen molar-refractivity contribution in [2.24, 2.45) is 5.92 Å². The van der Waals surface area contributed by atoms with Crippen molar-refractivity contribution >= 4 is 17.3 Å². The normalized spacial score (nSPS) is 19.9. The second-order valence-corrected chi connectivity index (χ2v) is 5.65. The van der Waals surface area contributed by atoms with Gasteiger partial charge in [-0.05, 0) is 36.5 Å². The van der Waals surface area contributed by atoms with Crippen LogP contribution in [-0.4, -0.2) is 26.8 Å². The molecule has 0 saturated carbocycles. The highest BCUT2D eigenvalue weighted by molar-refractivity contribution is 6.17. The third-order valence-corrected chi connectivity index (χ3v) is 4.12. The Kier molecular flexibility index (Phi) is 5.38. The number of rotatable bonds is 4. The fourth-order valence-corrected chi connectivity index (χ4v) is 3.05. The predicted molar refractivity (Wildman–Crippen MR) is 77.8 cm³/mol. The van der Waals surface area contributed by atoms with Crippen molar-refractivity contribution in [2.75, 3.05) is 31.7 Å². The van der Waals surface area contributed by atoms with Gasteiger partial charge < -0.3 is 9.64 Å². The Morgan fingerprint density at radius 2 is 2.14 bits per heavy atom. The molecule has 1 aromatic rings. The van der Waals surface area contributed by atoms with E-state index >= 15 is 0 Å². The Bertz CT molecular complexity index is 476. The summed E-state index contributed by atoms with van der Waals surface area (Å²) in [5, 5.41) is 0. The molecule has 0 aliphatic carbocycles. The molecule has 6 heteroatoms. The first-order valence-electron chi connectivity index (χ1n) is 6.95. The highest BCUT2D eigenvalue weighted by Crippen LogP contribution is 2.36. The van der Waals surface area contributed by atoms with Crippen LogP contribution in [0.15, 0.2) is 18.2 Å². The lowest BCUT2D eigenvalue weighted by atomic mass is 9.97. The quantitative estimate of drug-likeness (QED) is 0.766. The molecule has 0 radical (unpaired) electrons. The van der Waals surface area contributed by atoms with Crippen molar-refractivity contribution < 1.29 is 17.9 Å². The lowest BCUT2D eigenvalue weighted by Gasteiger charge is -2.34. The maximum Gasteiger partial charge on any atom is 0.416 e. The molecular formula is C15H19ClF3NO. The second-order valence-electron chi connectivity index (χ2n) is 5.38. The molecule has 0 N–H and O–H groups in total. The van der Waals surface area contributed by atoms with E-state index in [2.05, 4.69) is 0 Å². The number of halogens is 4. The summed E-state index contributed by atoms with van der Waals surface area (Å²) in [5.41, 5.74) is 0.0965. The van der Waals surface area contributed by atoms with Gasteiger partial charge >= 0.3 is 6.18 Å². The minimum Gasteiger partial charge on any atom is -0.384 e. The van der Waals surface area contributed by atoms with E-state index in [1.807, 2.05) is 4.90 Å². The van der Waals surface area contributed by atoms with E-state index in [-0.39, 0.29) is 11.4 Å². The Morgan fingerprint density at radius 1 is 1.38 bits per heavy atom. The third kappa shape index (κ3) is 4.04. The molecule has 2 rings (SSSR count). The predicted octanol–water partition coefficient (Wildman–Crippen LogP) is 4.31. The fraction of sp³-hybridized carbons (Fsp3) is 0.600. The Balaban J connectivity index is 2.24. The van der Waals surface area contributed by atoms with Crippen LogP contribution in [0.4, 0.5) is 18.9 Å². The molecule has 1 heterocycles. The van der Waals surface area contributed by atoms with Gasteiger partial charge in [-0.3, -0.25) is 0 Å². The van der Waals surface area contributed by atoms with Crippen molar-refractivity contribution in [3.05, 3.63) is 29.3 Å². The minimum atomic E-state index is -4.37. The number of ether oxygens (including phenoxy) is 1. The van der Waals surface area contributed by atoms with Gasteiger partial charge in [-0.25, -0.2) is 0 Å². The highest BCUT2D eigenvalue weighted by Gasteiger charge is 2.34. The van der Waals surface area contributed by atoms with Crippen LogP contribution in [0.1, 0.15) is 24.0 Å². The molecule has 1 aliphatic rings. The first-order valence-corrected chi connectivity index (χ1v) is 7.49. The van der Waals surface area contributed by atoms with Gasteiger partial charge in [-0.15, -0.1) is 11.6 Å². The number of hydrogen-bond acceptors (Lipinski definition) is 2. The molecule has 1 saturated heterocycles. The van der Waals surface area contributed by atoms with Crippen LogP contribution in [-0.2, 0) is 16.8 Å². The van der Waals surface area contributed by atoms with Gasteiger partial charge in [0, 0.05) is 31.8 Å². The SMILES string of the molecule is COCC1CCCN(c2ccc(CCl)c(C(F)(F)F)c2)C1. The summed E-state index contributed by atoms with van der Waals surface area (Å²) in [6, 6.07) is 4.42. The van der Waals surface area contributed by atoms with Gasteiger partial charge in [0.25, 0.3) is 0 Å².